The fourth-order valence-electron chi connectivity index (χ4n) is 1.44. The van der Waals surface area contributed by atoms with E-state index in [1.165, 1.54) is 0 Å². The largest absolute Gasteiger partial charge is 0.463 e. The number of thioether (sulfide) groups is 1. The first-order valence-electron chi connectivity index (χ1n) is 7.74. The summed E-state index contributed by atoms with van der Waals surface area (Å²) in [5.41, 5.74) is 0. The molecule has 1 rings (SSSR count). The van der Waals surface area contributed by atoms with Gasteiger partial charge in [0, 0.05) is 0 Å². The molecule has 0 radical (unpaired) electrons. The molecule has 0 aliphatic rings. The summed E-state index contributed by atoms with van der Waals surface area (Å²) in [6, 6.07) is 0.685. The van der Waals surface area contributed by atoms with Crippen LogP contribution in [0.25, 0.3) is 0 Å². The molecule has 23 heavy (non-hydrogen) atoms. The first kappa shape index (κ1) is 20.5. The van der Waals surface area contributed by atoms with Gasteiger partial charge in [-0.15, -0.1) is 15.0 Å². The maximum Gasteiger partial charge on any atom is 0.325 e. The Kier molecular flexibility index (Phi) is 12.4. The number of thiol groups is 2. The minimum absolute atomic E-state index is 0.223. The number of aromatic nitrogens is 3. The number of rotatable bonds is 14. The van der Waals surface area contributed by atoms with Gasteiger partial charge in [-0.05, 0) is 42.3 Å². The van der Waals surface area contributed by atoms with Crippen LogP contribution in [0.2, 0.25) is 0 Å². The first-order valence-corrected chi connectivity index (χ1v) is 10.2. The number of nitrogens with zero attached hydrogens (tertiary/aromatic N) is 3. The molecule has 0 aliphatic heterocycles. The van der Waals surface area contributed by atoms with E-state index in [9.17, 15) is 0 Å². The zero-order valence-corrected chi connectivity index (χ0v) is 16.0. The lowest BCUT2D eigenvalue weighted by molar-refractivity contribution is 0.236. The summed E-state index contributed by atoms with van der Waals surface area (Å²) in [6.45, 7) is 3.69. The van der Waals surface area contributed by atoms with Crippen LogP contribution in [-0.2, 0) is 0 Å². The Bertz CT molecular complexity index is 399. The Morgan fingerprint density at radius 1 is 0.783 bits per heavy atom. The zero-order valence-electron chi connectivity index (χ0n) is 13.4. The van der Waals surface area contributed by atoms with Crippen molar-refractivity contribution in [1.29, 1.82) is 0 Å². The number of hydrogen-bond donors (Lipinski definition) is 2. The lowest BCUT2D eigenvalue weighted by Gasteiger charge is -2.09. The van der Waals surface area contributed by atoms with E-state index in [0.29, 0.717) is 19.8 Å². The number of ether oxygens (including phenoxy) is 3. The maximum absolute atomic E-state index is 5.58. The van der Waals surface area contributed by atoms with Gasteiger partial charge >= 0.3 is 18.0 Å². The Balaban J connectivity index is 2.57. The summed E-state index contributed by atoms with van der Waals surface area (Å²) in [5, 5.41) is 0. The van der Waals surface area contributed by atoms with E-state index in [4.69, 9.17) is 14.2 Å². The highest BCUT2D eigenvalue weighted by Gasteiger charge is 2.10. The molecule has 6 nitrogen and oxygen atoms in total. The van der Waals surface area contributed by atoms with Crippen molar-refractivity contribution in [3.8, 4) is 18.0 Å². The van der Waals surface area contributed by atoms with Crippen LogP contribution in [0.5, 0.6) is 18.0 Å². The Morgan fingerprint density at radius 2 is 1.22 bits per heavy atom. The molecule has 0 bridgehead atoms. The molecule has 0 spiro atoms. The van der Waals surface area contributed by atoms with Gasteiger partial charge in [-0.2, -0.15) is 37.0 Å². The van der Waals surface area contributed by atoms with Gasteiger partial charge in [0.05, 0.1) is 19.8 Å². The molecule has 0 saturated carbocycles. The zero-order chi connectivity index (χ0) is 16.8. The Hall–Kier alpha value is -0.540. The van der Waals surface area contributed by atoms with Crippen LogP contribution in [0.1, 0.15) is 26.2 Å². The predicted octanol–water partition coefficient (Wildman–Crippen LogP) is 2.79. The van der Waals surface area contributed by atoms with E-state index in [-0.39, 0.29) is 18.0 Å². The third kappa shape index (κ3) is 10.0. The molecule has 1 aromatic heterocycles. The Labute approximate surface area is 153 Å². The fraction of sp³-hybridized carbons (Fsp3) is 0.786. The van der Waals surface area contributed by atoms with E-state index in [1.54, 1.807) is 0 Å². The normalized spacial score (nSPS) is 10.6. The predicted molar refractivity (Wildman–Crippen MR) is 101 cm³/mol. The molecule has 0 fully saturated rings. The van der Waals surface area contributed by atoms with Crippen molar-refractivity contribution in [3.05, 3.63) is 0 Å². The van der Waals surface area contributed by atoms with Crippen molar-refractivity contribution in [3.63, 3.8) is 0 Å². The summed E-state index contributed by atoms with van der Waals surface area (Å²) in [6.07, 6.45) is 2.57. The van der Waals surface area contributed by atoms with E-state index in [2.05, 4.69) is 47.1 Å². The second-order valence-electron chi connectivity index (χ2n) is 4.43. The van der Waals surface area contributed by atoms with Crippen molar-refractivity contribution < 1.29 is 14.2 Å². The molecule has 0 amide bonds. The van der Waals surface area contributed by atoms with Crippen LogP contribution in [0.4, 0.5) is 0 Å². The smallest absolute Gasteiger partial charge is 0.325 e. The average molecular weight is 380 g/mol. The van der Waals surface area contributed by atoms with E-state index in [0.717, 1.165) is 42.3 Å². The molecule has 1 aromatic rings. The molecular formula is C14H25N3O3S3. The van der Waals surface area contributed by atoms with Crippen LogP contribution in [0.3, 0.4) is 0 Å². The number of hydrogen-bond acceptors (Lipinski definition) is 9. The molecule has 1 heterocycles. The molecule has 132 valence electrons. The van der Waals surface area contributed by atoms with Crippen LogP contribution in [0.15, 0.2) is 0 Å². The van der Waals surface area contributed by atoms with Crippen molar-refractivity contribution in [2.24, 2.45) is 0 Å². The van der Waals surface area contributed by atoms with Gasteiger partial charge in [0.15, 0.2) is 0 Å². The highest BCUT2D eigenvalue weighted by Crippen LogP contribution is 2.15. The minimum Gasteiger partial charge on any atom is -0.463 e. The van der Waals surface area contributed by atoms with E-state index < -0.39 is 0 Å². The standard InChI is InChI=1S/C14H25N3O3S3/c1-2-23-11-5-8-20-14-16-12(18-6-3-9-21)15-13(17-14)19-7-4-10-22/h21-22H,2-11H2,1H3. The molecule has 0 atom stereocenters. The quantitative estimate of drug-likeness (QED) is 0.380. The highest BCUT2D eigenvalue weighted by molar-refractivity contribution is 7.99. The molecule has 0 saturated heterocycles. The lowest BCUT2D eigenvalue weighted by Crippen LogP contribution is -2.10. The van der Waals surface area contributed by atoms with Gasteiger partial charge in [-0.3, -0.25) is 0 Å². The summed E-state index contributed by atoms with van der Waals surface area (Å²) in [7, 11) is 0. The fourth-order valence-corrected chi connectivity index (χ4v) is 2.31. The molecule has 0 unspecified atom stereocenters. The second kappa shape index (κ2) is 13.9. The van der Waals surface area contributed by atoms with Gasteiger partial charge in [-0.25, -0.2) is 0 Å². The van der Waals surface area contributed by atoms with Gasteiger partial charge in [-0.1, -0.05) is 6.92 Å². The molecule has 0 aliphatic carbocycles. The van der Waals surface area contributed by atoms with Gasteiger partial charge < -0.3 is 14.2 Å². The third-order valence-electron chi connectivity index (χ3n) is 2.51. The summed E-state index contributed by atoms with van der Waals surface area (Å²) in [5.74, 6) is 3.65. The van der Waals surface area contributed by atoms with Gasteiger partial charge in [0.2, 0.25) is 0 Å². The van der Waals surface area contributed by atoms with Crippen LogP contribution in [0, 0.1) is 0 Å². The maximum atomic E-state index is 5.58. The van der Waals surface area contributed by atoms with Gasteiger partial charge in [0.25, 0.3) is 0 Å². The van der Waals surface area contributed by atoms with Crippen molar-refractivity contribution >= 4 is 37.0 Å². The SMILES string of the molecule is CCSCCCOc1nc(OCCCS)nc(OCCCS)n1. The topological polar surface area (TPSA) is 66.4 Å². The monoisotopic (exact) mass is 379 g/mol. The molecular weight excluding hydrogens is 354 g/mol. The summed E-state index contributed by atoms with van der Waals surface area (Å²) in [4.78, 5) is 12.4. The molecule has 9 heteroatoms. The van der Waals surface area contributed by atoms with Crippen molar-refractivity contribution in [2.45, 2.75) is 26.2 Å². The van der Waals surface area contributed by atoms with E-state index in [1.807, 2.05) is 11.8 Å². The molecule has 0 aromatic carbocycles. The minimum atomic E-state index is 0.223. The Morgan fingerprint density at radius 3 is 1.61 bits per heavy atom. The third-order valence-corrected chi connectivity index (χ3v) is 4.13. The summed E-state index contributed by atoms with van der Waals surface area (Å²) >= 11 is 10.2. The first-order chi connectivity index (χ1) is 11.3. The van der Waals surface area contributed by atoms with Gasteiger partial charge in [0.1, 0.15) is 0 Å². The average Bonchev–Trinajstić information content (AvgIpc) is 2.55. The molecule has 0 N–H and O–H groups in total. The van der Waals surface area contributed by atoms with E-state index >= 15 is 0 Å². The van der Waals surface area contributed by atoms with Crippen LogP contribution < -0.4 is 14.2 Å². The van der Waals surface area contributed by atoms with Crippen molar-refractivity contribution in [2.75, 3.05) is 42.8 Å². The van der Waals surface area contributed by atoms with Crippen LogP contribution >= 0.6 is 37.0 Å². The lowest BCUT2D eigenvalue weighted by atomic mass is 10.5. The summed E-state index contributed by atoms with van der Waals surface area (Å²) < 4.78 is 16.6. The highest BCUT2D eigenvalue weighted by atomic mass is 32.2. The van der Waals surface area contributed by atoms with Crippen LogP contribution in [-0.4, -0.2) is 57.8 Å². The second-order valence-corrected chi connectivity index (χ2v) is 6.72. The van der Waals surface area contributed by atoms with Crippen molar-refractivity contribution in [1.82, 2.24) is 15.0 Å².